The van der Waals surface area contributed by atoms with Crippen LogP contribution in [0.1, 0.15) is 136 Å². The molecule has 2 aliphatic rings. The lowest BCUT2D eigenvalue weighted by molar-refractivity contribution is -0.129. The van der Waals surface area contributed by atoms with Crippen LogP contribution in [0.4, 0.5) is 0 Å². The second-order valence-corrected chi connectivity index (χ2v) is 15.6. The standard InChI is InChI=1S/C40H58O3/c1-11-42-34-23-30(24-35(43-12-2)36(34)39(10)21-22-39)29(5)32(19-16-20-38(8,9)31-17-14-13-15-18-31)33(41)25-40(28(3)4)26-37(6,7)27-40/h13-15,17-18,23-24,29,32H,3,11-12,16,19-22,25-27H2,1-2,4-10H3/t29-,32?/m1/s1. The summed E-state index contributed by atoms with van der Waals surface area (Å²) >= 11 is 0. The summed E-state index contributed by atoms with van der Waals surface area (Å²) in [5, 5.41) is 0. The van der Waals surface area contributed by atoms with Crippen LogP contribution in [-0.2, 0) is 15.6 Å². The van der Waals surface area contributed by atoms with Gasteiger partial charge in [-0.2, -0.15) is 0 Å². The predicted octanol–water partition coefficient (Wildman–Crippen LogP) is 10.7. The van der Waals surface area contributed by atoms with E-state index < -0.39 is 0 Å². The smallest absolute Gasteiger partial charge is 0.137 e. The molecule has 0 saturated heterocycles. The third kappa shape index (κ3) is 7.40. The lowest BCUT2D eigenvalue weighted by Gasteiger charge is -2.54. The SMILES string of the molecule is C=C(C)C1(CC(=O)C(CCCC(C)(C)c2ccccc2)[C@H](C)c2cc(OCC)c(C3(C)CC3)c(OCC)c2)CC(C)(C)C1. The summed E-state index contributed by atoms with van der Waals surface area (Å²) in [4.78, 5) is 14.5. The average molecular weight is 587 g/mol. The molecule has 2 aromatic carbocycles. The first-order chi connectivity index (χ1) is 20.2. The van der Waals surface area contributed by atoms with Gasteiger partial charge in [-0.1, -0.05) is 90.4 Å². The van der Waals surface area contributed by atoms with Gasteiger partial charge in [-0.15, -0.1) is 0 Å². The van der Waals surface area contributed by atoms with Crippen LogP contribution in [0.5, 0.6) is 11.5 Å². The highest BCUT2D eigenvalue weighted by atomic mass is 16.5. The van der Waals surface area contributed by atoms with Crippen molar-refractivity contribution < 1.29 is 14.3 Å². The van der Waals surface area contributed by atoms with Gasteiger partial charge < -0.3 is 9.47 Å². The zero-order valence-electron chi connectivity index (χ0n) is 28.7. The fourth-order valence-electron chi connectivity index (χ4n) is 7.99. The minimum absolute atomic E-state index is 0.0562. The van der Waals surface area contributed by atoms with Gasteiger partial charge in [0.25, 0.3) is 0 Å². The van der Waals surface area contributed by atoms with E-state index in [2.05, 4.69) is 97.5 Å². The van der Waals surface area contributed by atoms with Crippen LogP contribution in [0.15, 0.2) is 54.6 Å². The van der Waals surface area contributed by atoms with Gasteiger partial charge >= 0.3 is 0 Å². The molecule has 3 heteroatoms. The van der Waals surface area contributed by atoms with Crippen molar-refractivity contribution in [3.63, 3.8) is 0 Å². The third-order valence-electron chi connectivity index (χ3n) is 10.8. The quantitative estimate of drug-likeness (QED) is 0.184. The van der Waals surface area contributed by atoms with Crippen LogP contribution in [0, 0.1) is 16.7 Å². The van der Waals surface area contributed by atoms with Gasteiger partial charge in [0, 0.05) is 17.9 Å². The number of carbonyl (C=O) groups is 1. The number of carbonyl (C=O) groups excluding carboxylic acids is 1. The fourth-order valence-corrected chi connectivity index (χ4v) is 7.99. The molecule has 2 saturated carbocycles. The van der Waals surface area contributed by atoms with Gasteiger partial charge in [-0.25, -0.2) is 0 Å². The summed E-state index contributed by atoms with van der Waals surface area (Å²) in [7, 11) is 0. The lowest BCUT2D eigenvalue weighted by Crippen LogP contribution is -2.46. The Hall–Kier alpha value is -2.55. The molecule has 43 heavy (non-hydrogen) atoms. The molecule has 0 N–H and O–H groups in total. The molecule has 0 radical (unpaired) electrons. The summed E-state index contributed by atoms with van der Waals surface area (Å²) in [6.45, 7) is 25.7. The summed E-state index contributed by atoms with van der Waals surface area (Å²) in [5.41, 5.74) is 5.25. The lowest BCUT2D eigenvalue weighted by atomic mass is 9.50. The Balaban J connectivity index is 1.65. The van der Waals surface area contributed by atoms with Crippen molar-refractivity contribution in [3.05, 3.63) is 71.3 Å². The van der Waals surface area contributed by atoms with Crippen molar-refractivity contribution in [2.24, 2.45) is 16.7 Å². The fraction of sp³-hybridized carbons (Fsp3) is 0.625. The monoisotopic (exact) mass is 586 g/mol. The van der Waals surface area contributed by atoms with Gasteiger partial charge in [0.2, 0.25) is 0 Å². The molecule has 2 aliphatic carbocycles. The molecule has 0 amide bonds. The molecule has 0 heterocycles. The number of hydrogen-bond donors (Lipinski definition) is 0. The van der Waals surface area contributed by atoms with E-state index in [4.69, 9.17) is 9.47 Å². The minimum Gasteiger partial charge on any atom is -0.493 e. The third-order valence-corrected chi connectivity index (χ3v) is 10.8. The topological polar surface area (TPSA) is 35.5 Å². The molecule has 2 atom stereocenters. The molecular formula is C40H58O3. The molecule has 2 aromatic rings. The zero-order valence-corrected chi connectivity index (χ0v) is 28.7. The zero-order chi connectivity index (χ0) is 31.6. The van der Waals surface area contributed by atoms with Gasteiger partial charge in [0.1, 0.15) is 17.3 Å². The van der Waals surface area contributed by atoms with Crippen LogP contribution in [0.2, 0.25) is 0 Å². The Labute approximate surface area is 262 Å². The maximum absolute atomic E-state index is 14.5. The van der Waals surface area contributed by atoms with Gasteiger partial charge in [-0.05, 0) is 110 Å². The van der Waals surface area contributed by atoms with E-state index in [9.17, 15) is 4.79 Å². The molecular weight excluding hydrogens is 528 g/mol. The highest BCUT2D eigenvalue weighted by Gasteiger charge is 2.51. The predicted molar refractivity (Wildman–Crippen MR) is 180 cm³/mol. The van der Waals surface area contributed by atoms with E-state index in [0.29, 0.717) is 25.4 Å². The first kappa shape index (κ1) is 33.3. The Bertz CT molecular complexity index is 1250. The minimum atomic E-state index is -0.0715. The number of ether oxygens (including phenoxy) is 2. The molecule has 0 bridgehead atoms. The summed E-state index contributed by atoms with van der Waals surface area (Å²) in [5.74, 6) is 2.24. The maximum atomic E-state index is 14.5. The van der Waals surface area contributed by atoms with Crippen molar-refractivity contribution >= 4 is 5.78 Å². The molecule has 0 aliphatic heterocycles. The number of hydrogen-bond acceptors (Lipinski definition) is 3. The number of rotatable bonds is 16. The van der Waals surface area contributed by atoms with Crippen molar-refractivity contribution in [2.45, 2.75) is 130 Å². The van der Waals surface area contributed by atoms with E-state index in [1.807, 2.05) is 13.8 Å². The second kappa shape index (κ2) is 12.8. The van der Waals surface area contributed by atoms with E-state index >= 15 is 0 Å². The first-order valence-corrected chi connectivity index (χ1v) is 16.9. The Morgan fingerprint density at radius 2 is 1.53 bits per heavy atom. The van der Waals surface area contributed by atoms with E-state index in [-0.39, 0.29) is 33.5 Å². The Kier molecular flexibility index (Phi) is 9.94. The van der Waals surface area contributed by atoms with Crippen molar-refractivity contribution in [2.75, 3.05) is 13.2 Å². The Morgan fingerprint density at radius 1 is 0.977 bits per heavy atom. The Morgan fingerprint density at radius 3 is 2.00 bits per heavy atom. The van der Waals surface area contributed by atoms with Crippen LogP contribution in [-0.4, -0.2) is 19.0 Å². The largest absolute Gasteiger partial charge is 0.493 e. The van der Waals surface area contributed by atoms with E-state index in [1.165, 1.54) is 11.1 Å². The highest BCUT2D eigenvalue weighted by Crippen LogP contribution is 2.60. The highest BCUT2D eigenvalue weighted by molar-refractivity contribution is 5.83. The summed E-state index contributed by atoms with van der Waals surface area (Å²) in [6.07, 6.45) is 7.89. The molecule has 3 nitrogen and oxygen atoms in total. The number of allylic oxidation sites excluding steroid dienone is 1. The van der Waals surface area contributed by atoms with Crippen LogP contribution in [0.3, 0.4) is 0 Å². The summed E-state index contributed by atoms with van der Waals surface area (Å²) in [6, 6.07) is 15.2. The molecule has 236 valence electrons. The van der Waals surface area contributed by atoms with Gasteiger partial charge in [0.05, 0.1) is 13.2 Å². The first-order valence-electron chi connectivity index (χ1n) is 16.9. The normalized spacial score (nSPS) is 19.6. The molecule has 1 unspecified atom stereocenters. The van der Waals surface area contributed by atoms with Crippen molar-refractivity contribution in [1.82, 2.24) is 0 Å². The van der Waals surface area contributed by atoms with Crippen LogP contribution in [0.25, 0.3) is 0 Å². The van der Waals surface area contributed by atoms with Crippen molar-refractivity contribution in [1.29, 1.82) is 0 Å². The number of benzene rings is 2. The van der Waals surface area contributed by atoms with Gasteiger partial charge in [-0.3, -0.25) is 4.79 Å². The molecule has 0 spiro atoms. The maximum Gasteiger partial charge on any atom is 0.137 e. The van der Waals surface area contributed by atoms with Crippen LogP contribution >= 0.6 is 0 Å². The molecule has 0 aromatic heterocycles. The molecule has 4 rings (SSSR count). The summed E-state index contributed by atoms with van der Waals surface area (Å²) < 4.78 is 12.6. The van der Waals surface area contributed by atoms with Crippen molar-refractivity contribution in [3.8, 4) is 11.5 Å². The van der Waals surface area contributed by atoms with E-state index in [0.717, 1.165) is 67.6 Å². The average Bonchev–Trinajstić information content (AvgIpc) is 3.67. The number of Topliss-reactive ketones (excluding diaryl/α,β-unsaturated/α-hetero) is 1. The van der Waals surface area contributed by atoms with Gasteiger partial charge in [0.15, 0.2) is 0 Å². The second-order valence-electron chi connectivity index (χ2n) is 15.6. The van der Waals surface area contributed by atoms with Crippen LogP contribution < -0.4 is 9.47 Å². The molecule has 2 fully saturated rings. The number of ketones is 1. The van der Waals surface area contributed by atoms with E-state index in [1.54, 1.807) is 0 Å².